The normalized spacial score (nSPS) is 26.7. The molecule has 1 unspecified atom stereocenters. The molecule has 1 aliphatic carbocycles. The Morgan fingerprint density at radius 2 is 2.00 bits per heavy atom. The fourth-order valence-electron chi connectivity index (χ4n) is 3.45. The van der Waals surface area contributed by atoms with Gasteiger partial charge >= 0.3 is 0 Å². The molecule has 0 spiro atoms. The molecule has 0 radical (unpaired) electrons. The molecule has 1 saturated carbocycles. The first-order valence-electron chi connectivity index (χ1n) is 7.90. The van der Waals surface area contributed by atoms with Crippen LogP contribution in [-0.2, 0) is 11.0 Å². The van der Waals surface area contributed by atoms with Gasteiger partial charge in [-0.25, -0.2) is 4.98 Å². The van der Waals surface area contributed by atoms with E-state index in [1.165, 1.54) is 36.4 Å². The van der Waals surface area contributed by atoms with Crippen molar-refractivity contribution in [3.05, 3.63) is 16.1 Å². The Kier molecular flexibility index (Phi) is 4.32. The van der Waals surface area contributed by atoms with E-state index in [9.17, 15) is 0 Å². The molecule has 114 valence electrons. The Morgan fingerprint density at radius 1 is 1.30 bits per heavy atom. The summed E-state index contributed by atoms with van der Waals surface area (Å²) in [5, 5.41) is 7.35. The monoisotopic (exact) mass is 294 g/mol. The van der Waals surface area contributed by atoms with Gasteiger partial charge in [0.1, 0.15) is 5.01 Å². The molecule has 0 bridgehead atoms. The van der Waals surface area contributed by atoms with Crippen LogP contribution in [0.25, 0.3) is 0 Å². The molecule has 1 aliphatic rings. The maximum absolute atomic E-state index is 5.02. The Balaban J connectivity index is 2.35. The summed E-state index contributed by atoms with van der Waals surface area (Å²) in [6.07, 6.45) is 5.05. The zero-order valence-corrected chi connectivity index (χ0v) is 14.8. The van der Waals surface area contributed by atoms with E-state index in [-0.39, 0.29) is 11.0 Å². The Labute approximate surface area is 128 Å². The number of hydrogen-bond acceptors (Lipinski definition) is 3. The number of thiazole rings is 1. The van der Waals surface area contributed by atoms with E-state index >= 15 is 0 Å². The maximum atomic E-state index is 5.02. The third-order valence-corrected chi connectivity index (χ3v) is 5.48. The van der Waals surface area contributed by atoms with Gasteiger partial charge in [-0.3, -0.25) is 0 Å². The van der Waals surface area contributed by atoms with Gasteiger partial charge in [-0.05, 0) is 31.2 Å². The maximum Gasteiger partial charge on any atom is 0.113 e. The lowest BCUT2D eigenvalue weighted by molar-refractivity contribution is 0.119. The summed E-state index contributed by atoms with van der Waals surface area (Å²) in [6, 6.07) is 0. The molecule has 0 saturated heterocycles. The number of rotatable bonds is 3. The van der Waals surface area contributed by atoms with E-state index in [1.807, 2.05) is 11.3 Å². The summed E-state index contributed by atoms with van der Waals surface area (Å²) in [5.41, 5.74) is 1.89. The van der Waals surface area contributed by atoms with E-state index in [0.717, 1.165) is 6.54 Å². The minimum absolute atomic E-state index is 0.102. The van der Waals surface area contributed by atoms with Crippen LogP contribution in [-0.4, -0.2) is 11.5 Å². The van der Waals surface area contributed by atoms with E-state index < -0.39 is 0 Å². The molecular formula is C17H30N2S. The quantitative estimate of drug-likeness (QED) is 0.862. The van der Waals surface area contributed by atoms with Crippen LogP contribution >= 0.6 is 11.3 Å². The molecule has 1 aromatic rings. The fraction of sp³-hybridized carbons (Fsp3) is 0.824. The minimum Gasteiger partial charge on any atom is -0.306 e. The molecule has 20 heavy (non-hydrogen) atoms. The summed E-state index contributed by atoms with van der Waals surface area (Å²) in [4.78, 5) is 5.02. The van der Waals surface area contributed by atoms with Gasteiger partial charge < -0.3 is 5.32 Å². The SMILES string of the molecule is CCNC1(c2nc(C(C)(C)C)cs2)CCCC(C)(C)C1. The van der Waals surface area contributed by atoms with Crippen molar-refractivity contribution in [2.75, 3.05) is 6.54 Å². The average molecular weight is 295 g/mol. The highest BCUT2D eigenvalue weighted by molar-refractivity contribution is 7.09. The van der Waals surface area contributed by atoms with Crippen molar-refractivity contribution in [3.63, 3.8) is 0 Å². The second kappa shape index (κ2) is 5.42. The Morgan fingerprint density at radius 3 is 2.50 bits per heavy atom. The average Bonchev–Trinajstić information content (AvgIpc) is 2.77. The molecule has 1 heterocycles. The van der Waals surface area contributed by atoms with Crippen molar-refractivity contribution in [2.45, 2.75) is 78.2 Å². The smallest absolute Gasteiger partial charge is 0.113 e. The number of nitrogens with one attached hydrogen (secondary N) is 1. The van der Waals surface area contributed by atoms with Crippen LogP contribution in [0.2, 0.25) is 0 Å². The van der Waals surface area contributed by atoms with Gasteiger partial charge in [0.15, 0.2) is 0 Å². The van der Waals surface area contributed by atoms with Crippen LogP contribution in [0.1, 0.15) is 77.9 Å². The van der Waals surface area contributed by atoms with E-state index in [0.29, 0.717) is 5.41 Å². The Hall–Kier alpha value is -0.410. The third kappa shape index (κ3) is 3.25. The molecule has 0 aliphatic heterocycles. The van der Waals surface area contributed by atoms with Crippen LogP contribution in [0.5, 0.6) is 0 Å². The van der Waals surface area contributed by atoms with Gasteiger partial charge in [0.2, 0.25) is 0 Å². The highest BCUT2D eigenvalue weighted by Gasteiger charge is 2.43. The second-order valence-corrected chi connectivity index (χ2v) is 8.95. The first-order valence-corrected chi connectivity index (χ1v) is 8.78. The number of hydrogen-bond donors (Lipinski definition) is 1. The van der Waals surface area contributed by atoms with Gasteiger partial charge in [0.05, 0.1) is 11.2 Å². The Bertz CT molecular complexity index is 452. The summed E-state index contributed by atoms with van der Waals surface area (Å²) >= 11 is 1.85. The van der Waals surface area contributed by atoms with Gasteiger partial charge in [-0.2, -0.15) is 0 Å². The third-order valence-electron chi connectivity index (χ3n) is 4.43. The standard InChI is InChI=1S/C17H30N2S/c1-7-18-17(10-8-9-16(5,6)12-17)14-19-13(11-20-14)15(2,3)4/h11,18H,7-10,12H2,1-6H3. The summed E-state index contributed by atoms with van der Waals surface area (Å²) in [7, 11) is 0. The van der Waals surface area contributed by atoms with E-state index in [2.05, 4.69) is 52.2 Å². The summed E-state index contributed by atoms with van der Waals surface area (Å²) < 4.78 is 0. The molecule has 3 heteroatoms. The number of nitrogens with zero attached hydrogens (tertiary/aromatic N) is 1. The molecule has 1 aromatic heterocycles. The van der Waals surface area contributed by atoms with Crippen molar-refractivity contribution in [1.82, 2.24) is 10.3 Å². The first-order chi connectivity index (χ1) is 9.19. The van der Waals surface area contributed by atoms with Crippen molar-refractivity contribution in [1.29, 1.82) is 0 Å². The van der Waals surface area contributed by atoms with E-state index in [1.54, 1.807) is 0 Å². The lowest BCUT2D eigenvalue weighted by Gasteiger charge is -2.44. The van der Waals surface area contributed by atoms with Crippen molar-refractivity contribution in [3.8, 4) is 0 Å². The van der Waals surface area contributed by atoms with Crippen molar-refractivity contribution in [2.24, 2.45) is 5.41 Å². The molecule has 1 N–H and O–H groups in total. The highest BCUT2D eigenvalue weighted by atomic mass is 32.1. The lowest BCUT2D eigenvalue weighted by Crippen LogP contribution is -2.48. The van der Waals surface area contributed by atoms with Crippen LogP contribution in [0.4, 0.5) is 0 Å². The van der Waals surface area contributed by atoms with Crippen LogP contribution in [0.3, 0.4) is 0 Å². The van der Waals surface area contributed by atoms with Crippen LogP contribution in [0, 0.1) is 5.41 Å². The predicted molar refractivity (Wildman–Crippen MR) is 88.4 cm³/mol. The topological polar surface area (TPSA) is 24.9 Å². The van der Waals surface area contributed by atoms with Gasteiger partial charge in [-0.15, -0.1) is 11.3 Å². The summed E-state index contributed by atoms with van der Waals surface area (Å²) in [6.45, 7) is 14.8. The number of aromatic nitrogens is 1. The van der Waals surface area contributed by atoms with Crippen LogP contribution in [0.15, 0.2) is 5.38 Å². The van der Waals surface area contributed by atoms with Crippen LogP contribution < -0.4 is 5.32 Å². The minimum atomic E-state index is 0.102. The largest absolute Gasteiger partial charge is 0.306 e. The first kappa shape index (κ1) is 16.0. The molecule has 2 rings (SSSR count). The molecule has 1 fully saturated rings. The molecule has 1 atom stereocenters. The fourth-order valence-corrected chi connectivity index (χ4v) is 4.70. The lowest BCUT2D eigenvalue weighted by atomic mass is 9.68. The van der Waals surface area contributed by atoms with Crippen molar-refractivity contribution >= 4 is 11.3 Å². The predicted octanol–water partition coefficient (Wildman–Crippen LogP) is 4.85. The molecular weight excluding hydrogens is 264 g/mol. The van der Waals surface area contributed by atoms with Gasteiger partial charge in [0.25, 0.3) is 0 Å². The molecule has 2 nitrogen and oxygen atoms in total. The van der Waals surface area contributed by atoms with Gasteiger partial charge in [0, 0.05) is 10.8 Å². The molecule has 0 aromatic carbocycles. The summed E-state index contributed by atoms with van der Waals surface area (Å²) in [5.74, 6) is 0. The van der Waals surface area contributed by atoms with Gasteiger partial charge in [-0.1, -0.05) is 48.0 Å². The second-order valence-electron chi connectivity index (χ2n) is 8.09. The highest BCUT2D eigenvalue weighted by Crippen LogP contribution is 2.47. The zero-order valence-electron chi connectivity index (χ0n) is 14.0. The van der Waals surface area contributed by atoms with Crippen molar-refractivity contribution < 1.29 is 0 Å². The zero-order chi connectivity index (χ0) is 15.0. The van der Waals surface area contributed by atoms with E-state index in [4.69, 9.17) is 4.98 Å². The molecule has 0 amide bonds.